The number of imidazole rings is 1. The molecule has 64 heavy (non-hydrogen) atoms. The zero-order chi connectivity index (χ0) is 43.6. The summed E-state index contributed by atoms with van der Waals surface area (Å²) >= 11 is 0. The first-order valence-corrected chi connectivity index (χ1v) is 22.0. The molecule has 308 valence electrons. The van der Waals surface area contributed by atoms with Crippen LogP contribution in [0, 0.1) is 0 Å². The summed E-state index contributed by atoms with van der Waals surface area (Å²) in [4.78, 5) is 10.6. The molecule has 2 heterocycles. The highest BCUT2D eigenvalue weighted by Gasteiger charge is 2.38. The summed E-state index contributed by atoms with van der Waals surface area (Å²) in [7, 11) is 0. The van der Waals surface area contributed by atoms with E-state index in [0.717, 1.165) is 61.4 Å². The molecule has 1 N–H and O–H groups in total. The molecule has 0 radical (unpaired) electrons. The fourth-order valence-corrected chi connectivity index (χ4v) is 9.98. The van der Waals surface area contributed by atoms with Crippen molar-refractivity contribution in [2.24, 2.45) is 0 Å². The molecular formula is C60H47N3O. The summed E-state index contributed by atoms with van der Waals surface area (Å²) in [6.07, 6.45) is 1.93. The van der Waals surface area contributed by atoms with Crippen molar-refractivity contribution in [3.63, 3.8) is 0 Å². The van der Waals surface area contributed by atoms with Crippen LogP contribution in [0.25, 0.3) is 83.9 Å². The smallest absolute Gasteiger partial charge is 0.149 e. The van der Waals surface area contributed by atoms with Crippen molar-refractivity contribution < 1.29 is 5.11 Å². The van der Waals surface area contributed by atoms with Gasteiger partial charge >= 0.3 is 0 Å². The number of phenols is 1. The van der Waals surface area contributed by atoms with Crippen LogP contribution >= 0.6 is 0 Å². The second-order valence-electron chi connectivity index (χ2n) is 18.0. The van der Waals surface area contributed by atoms with Gasteiger partial charge in [-0.1, -0.05) is 179 Å². The maximum Gasteiger partial charge on any atom is 0.149 e. The number of phenolic OH excluding ortho intramolecular Hbond substituents is 1. The summed E-state index contributed by atoms with van der Waals surface area (Å²) < 4.78 is 2.22. The lowest BCUT2D eigenvalue weighted by Gasteiger charge is -2.26. The molecule has 0 aliphatic heterocycles. The molecule has 0 amide bonds. The van der Waals surface area contributed by atoms with Crippen LogP contribution in [0.1, 0.15) is 49.9 Å². The molecule has 1 aliphatic rings. The molecule has 0 bridgehead atoms. The topological polar surface area (TPSA) is 50.9 Å². The van der Waals surface area contributed by atoms with E-state index in [1.165, 1.54) is 33.4 Å². The first-order chi connectivity index (χ1) is 31.2. The second kappa shape index (κ2) is 15.2. The van der Waals surface area contributed by atoms with Gasteiger partial charge in [0, 0.05) is 33.7 Å². The van der Waals surface area contributed by atoms with E-state index in [0.29, 0.717) is 11.4 Å². The molecule has 1 aliphatic carbocycles. The first-order valence-electron chi connectivity index (χ1n) is 22.0. The molecule has 8 aromatic carbocycles. The normalized spacial score (nSPS) is 12.9. The van der Waals surface area contributed by atoms with E-state index < -0.39 is 0 Å². The molecular weight excluding hydrogens is 779 g/mol. The van der Waals surface area contributed by atoms with E-state index in [4.69, 9.17) is 9.97 Å². The van der Waals surface area contributed by atoms with Gasteiger partial charge in [-0.25, -0.2) is 4.98 Å². The number of aromatic hydroxyl groups is 1. The van der Waals surface area contributed by atoms with Crippen LogP contribution in [-0.4, -0.2) is 19.6 Å². The third-order valence-corrected chi connectivity index (χ3v) is 13.5. The molecule has 4 heteroatoms. The minimum Gasteiger partial charge on any atom is -0.507 e. The van der Waals surface area contributed by atoms with Crippen molar-refractivity contribution in [1.82, 2.24) is 14.5 Å². The summed E-state index contributed by atoms with van der Waals surface area (Å²) in [5, 5.41) is 11.4. The van der Waals surface area contributed by atoms with Gasteiger partial charge < -0.3 is 5.11 Å². The van der Waals surface area contributed by atoms with Gasteiger partial charge in [-0.3, -0.25) is 9.55 Å². The highest BCUT2D eigenvalue weighted by molar-refractivity contribution is 6.04. The largest absolute Gasteiger partial charge is 0.507 e. The number of nitrogens with zero attached hydrogens (tertiary/aromatic N) is 3. The molecule has 0 atom stereocenters. The Balaban J connectivity index is 1.12. The van der Waals surface area contributed by atoms with Gasteiger partial charge in [0.25, 0.3) is 0 Å². The SMILES string of the molecule is CC(C)(c1ccccc1)c1ccc(-c2ccnc(-c3cc(-c4cccc5c4nc(-c4ccccc4O)n5-c4ccccc4-c4ccccc4)c4c(c3)C(C)(C)c3ccccc3-4)c2)cc1. The average molecular weight is 826 g/mol. The van der Waals surface area contributed by atoms with Gasteiger partial charge in [0.15, 0.2) is 0 Å². The molecule has 0 saturated heterocycles. The number of para-hydroxylation sites is 3. The van der Waals surface area contributed by atoms with Crippen LogP contribution in [0.3, 0.4) is 0 Å². The molecule has 2 aromatic heterocycles. The Morgan fingerprint density at radius 3 is 1.89 bits per heavy atom. The zero-order valence-corrected chi connectivity index (χ0v) is 36.4. The monoisotopic (exact) mass is 825 g/mol. The Kier molecular flexibility index (Phi) is 9.28. The van der Waals surface area contributed by atoms with E-state index in [-0.39, 0.29) is 16.6 Å². The zero-order valence-electron chi connectivity index (χ0n) is 36.4. The number of pyridine rings is 1. The predicted molar refractivity (Wildman–Crippen MR) is 264 cm³/mol. The van der Waals surface area contributed by atoms with E-state index in [2.05, 4.69) is 202 Å². The molecule has 11 rings (SSSR count). The molecule has 0 fully saturated rings. The van der Waals surface area contributed by atoms with Crippen molar-refractivity contribution in [3.8, 4) is 78.6 Å². The third-order valence-electron chi connectivity index (χ3n) is 13.5. The molecule has 10 aromatic rings. The number of benzene rings is 8. The highest BCUT2D eigenvalue weighted by atomic mass is 16.3. The minimum atomic E-state index is -0.265. The fraction of sp³-hybridized carbons (Fsp3) is 0.100. The van der Waals surface area contributed by atoms with Crippen LogP contribution in [0.5, 0.6) is 5.75 Å². The number of aromatic nitrogens is 3. The van der Waals surface area contributed by atoms with Gasteiger partial charge in [0.05, 0.1) is 28.0 Å². The Morgan fingerprint density at radius 1 is 0.484 bits per heavy atom. The third kappa shape index (κ3) is 6.36. The summed E-state index contributed by atoms with van der Waals surface area (Å²) in [5.41, 5.74) is 19.1. The Hall–Kier alpha value is -7.82. The summed E-state index contributed by atoms with van der Waals surface area (Å²) in [5.74, 6) is 0.849. The summed E-state index contributed by atoms with van der Waals surface area (Å²) in [6.45, 7) is 9.24. The van der Waals surface area contributed by atoms with E-state index in [1.54, 1.807) is 6.07 Å². The number of fused-ring (bicyclic) bond motifs is 4. The van der Waals surface area contributed by atoms with Gasteiger partial charge in [-0.15, -0.1) is 0 Å². The van der Waals surface area contributed by atoms with Gasteiger partial charge in [0.2, 0.25) is 0 Å². The number of rotatable bonds is 8. The molecule has 4 nitrogen and oxygen atoms in total. The first kappa shape index (κ1) is 39.1. The van der Waals surface area contributed by atoms with Crippen molar-refractivity contribution in [3.05, 3.63) is 229 Å². The van der Waals surface area contributed by atoms with Crippen LogP contribution in [0.15, 0.2) is 206 Å². The maximum atomic E-state index is 11.4. The van der Waals surface area contributed by atoms with Gasteiger partial charge in [-0.2, -0.15) is 0 Å². The highest BCUT2D eigenvalue weighted by Crippen LogP contribution is 2.54. The lowest BCUT2D eigenvalue weighted by atomic mass is 9.78. The Morgan fingerprint density at radius 2 is 1.12 bits per heavy atom. The molecule has 0 spiro atoms. The van der Waals surface area contributed by atoms with E-state index in [1.807, 2.05) is 30.5 Å². The predicted octanol–water partition coefficient (Wildman–Crippen LogP) is 15.1. The molecule has 0 unspecified atom stereocenters. The van der Waals surface area contributed by atoms with Crippen molar-refractivity contribution in [2.45, 2.75) is 38.5 Å². The minimum absolute atomic E-state index is 0.124. The van der Waals surface area contributed by atoms with E-state index in [9.17, 15) is 5.11 Å². The second-order valence-corrected chi connectivity index (χ2v) is 18.0. The average Bonchev–Trinajstić information content (AvgIpc) is 3.84. The van der Waals surface area contributed by atoms with Crippen molar-refractivity contribution in [2.75, 3.05) is 0 Å². The van der Waals surface area contributed by atoms with Crippen LogP contribution in [-0.2, 0) is 10.8 Å². The maximum absolute atomic E-state index is 11.4. The van der Waals surface area contributed by atoms with Crippen LogP contribution < -0.4 is 0 Å². The van der Waals surface area contributed by atoms with Crippen molar-refractivity contribution in [1.29, 1.82) is 0 Å². The lowest BCUT2D eigenvalue weighted by molar-refractivity contribution is 0.477. The van der Waals surface area contributed by atoms with Crippen molar-refractivity contribution >= 4 is 11.0 Å². The van der Waals surface area contributed by atoms with E-state index >= 15 is 0 Å². The lowest BCUT2D eigenvalue weighted by Crippen LogP contribution is -2.18. The summed E-state index contributed by atoms with van der Waals surface area (Å²) in [6, 6.07) is 70.5. The number of hydrogen-bond acceptors (Lipinski definition) is 3. The standard InChI is InChI=1S/C60H47N3O/c1-59(2,43-20-9-6-10-21-43)44-32-30-39(31-33-44)41-34-35-61-52(38-41)42-36-49(56-47-23-11-14-26-50(47)60(3,4)51(56)37-42)46-25-17-28-54-57(46)62-58(48-24-13-16-29-55(48)64)63(54)53-27-15-12-22-45(53)40-18-7-5-8-19-40/h5-38,64H,1-4H3. The van der Waals surface area contributed by atoms with Crippen LogP contribution in [0.2, 0.25) is 0 Å². The Labute approximate surface area is 374 Å². The Bertz CT molecular complexity index is 3380. The quantitative estimate of drug-likeness (QED) is 0.166. The van der Waals surface area contributed by atoms with Crippen LogP contribution in [0.4, 0.5) is 0 Å². The number of hydrogen-bond donors (Lipinski definition) is 1. The molecule has 0 saturated carbocycles. The van der Waals surface area contributed by atoms with Gasteiger partial charge in [-0.05, 0) is 104 Å². The fourth-order valence-electron chi connectivity index (χ4n) is 9.98. The van der Waals surface area contributed by atoms with Gasteiger partial charge in [0.1, 0.15) is 11.6 Å².